The lowest BCUT2D eigenvalue weighted by Crippen LogP contribution is -2.38. The van der Waals surface area contributed by atoms with E-state index in [4.69, 9.17) is 23.2 Å². The van der Waals surface area contributed by atoms with Crippen molar-refractivity contribution in [3.8, 4) is 0 Å². The standard InChI is InChI=1S/C19H15Cl2FN4O/c1-11-7-12(9-23-8-11)10-26-18(21)13-5-6-25(19(27)17(13)24-26)15-4-2-3-14(20)16(15)22/h2-4,7-9H,5-6,10H2,1H3. The van der Waals surface area contributed by atoms with E-state index in [1.54, 1.807) is 23.1 Å². The molecule has 3 aromatic rings. The Morgan fingerprint density at radius 1 is 1.26 bits per heavy atom. The van der Waals surface area contributed by atoms with Gasteiger partial charge in [-0.25, -0.2) is 9.07 Å². The Morgan fingerprint density at radius 3 is 2.85 bits per heavy atom. The summed E-state index contributed by atoms with van der Waals surface area (Å²) in [6, 6.07) is 6.57. The predicted octanol–water partition coefficient (Wildman–Crippen LogP) is 4.28. The zero-order valence-corrected chi connectivity index (χ0v) is 15.9. The summed E-state index contributed by atoms with van der Waals surface area (Å²) in [7, 11) is 0. The average molecular weight is 405 g/mol. The van der Waals surface area contributed by atoms with Gasteiger partial charge in [-0.05, 0) is 36.6 Å². The van der Waals surface area contributed by atoms with Crippen LogP contribution in [0, 0.1) is 12.7 Å². The fourth-order valence-corrected chi connectivity index (χ4v) is 3.69. The molecule has 1 aliphatic heterocycles. The molecule has 4 rings (SSSR count). The van der Waals surface area contributed by atoms with Crippen molar-refractivity contribution in [3.63, 3.8) is 0 Å². The molecule has 8 heteroatoms. The van der Waals surface area contributed by atoms with Gasteiger partial charge < -0.3 is 4.90 Å². The number of hydrogen-bond acceptors (Lipinski definition) is 3. The van der Waals surface area contributed by atoms with Crippen LogP contribution in [-0.2, 0) is 13.0 Å². The van der Waals surface area contributed by atoms with Crippen LogP contribution >= 0.6 is 23.2 Å². The maximum absolute atomic E-state index is 14.4. The van der Waals surface area contributed by atoms with E-state index in [-0.39, 0.29) is 22.3 Å². The van der Waals surface area contributed by atoms with Gasteiger partial charge in [0.1, 0.15) is 5.15 Å². The molecule has 0 radical (unpaired) electrons. The highest BCUT2D eigenvalue weighted by Crippen LogP contribution is 2.32. The molecule has 0 unspecified atom stereocenters. The van der Waals surface area contributed by atoms with Crippen molar-refractivity contribution in [2.45, 2.75) is 19.9 Å². The van der Waals surface area contributed by atoms with E-state index in [1.807, 2.05) is 13.0 Å². The first kappa shape index (κ1) is 17.9. The van der Waals surface area contributed by atoms with Crippen LogP contribution in [0.2, 0.25) is 10.2 Å². The van der Waals surface area contributed by atoms with Crippen molar-refractivity contribution in [3.05, 3.63) is 75.0 Å². The van der Waals surface area contributed by atoms with E-state index < -0.39 is 5.82 Å². The van der Waals surface area contributed by atoms with E-state index in [2.05, 4.69) is 10.1 Å². The number of carbonyl (C=O) groups excluding carboxylic acids is 1. The van der Waals surface area contributed by atoms with Crippen molar-refractivity contribution < 1.29 is 9.18 Å². The number of aryl methyl sites for hydroxylation is 1. The molecular formula is C19H15Cl2FN4O. The minimum Gasteiger partial charge on any atom is -0.304 e. The SMILES string of the molecule is Cc1cncc(Cn2nc3c(c2Cl)CCN(c2cccc(Cl)c2F)C3=O)c1. The van der Waals surface area contributed by atoms with E-state index in [9.17, 15) is 9.18 Å². The summed E-state index contributed by atoms with van der Waals surface area (Å²) in [5.74, 6) is -1.01. The van der Waals surface area contributed by atoms with Crippen LogP contribution in [0.25, 0.3) is 0 Å². The highest BCUT2D eigenvalue weighted by molar-refractivity contribution is 6.31. The topological polar surface area (TPSA) is 51.0 Å². The lowest BCUT2D eigenvalue weighted by atomic mass is 10.1. The fourth-order valence-electron chi connectivity index (χ4n) is 3.24. The Labute approximate surface area is 165 Å². The van der Waals surface area contributed by atoms with Crippen LogP contribution in [0.1, 0.15) is 27.2 Å². The second kappa shape index (κ2) is 6.94. The molecule has 0 aliphatic carbocycles. The summed E-state index contributed by atoms with van der Waals surface area (Å²) in [5, 5.41) is 4.79. The first-order valence-electron chi connectivity index (χ1n) is 8.37. The molecular weight excluding hydrogens is 390 g/mol. The Morgan fingerprint density at radius 2 is 2.07 bits per heavy atom. The van der Waals surface area contributed by atoms with E-state index in [0.29, 0.717) is 30.2 Å². The molecule has 0 atom stereocenters. The van der Waals surface area contributed by atoms with Crippen molar-refractivity contribution >= 4 is 34.8 Å². The molecule has 138 valence electrons. The van der Waals surface area contributed by atoms with Crippen LogP contribution in [-0.4, -0.2) is 27.2 Å². The number of anilines is 1. The Balaban J connectivity index is 1.68. The van der Waals surface area contributed by atoms with Gasteiger partial charge in [-0.15, -0.1) is 0 Å². The molecule has 2 aromatic heterocycles. The van der Waals surface area contributed by atoms with Crippen LogP contribution in [0.4, 0.5) is 10.1 Å². The van der Waals surface area contributed by atoms with E-state index in [0.717, 1.165) is 11.1 Å². The maximum atomic E-state index is 14.4. The van der Waals surface area contributed by atoms with Crippen LogP contribution in [0.3, 0.4) is 0 Å². The number of aromatic nitrogens is 3. The molecule has 0 saturated heterocycles. The quantitative estimate of drug-likeness (QED) is 0.654. The maximum Gasteiger partial charge on any atom is 0.279 e. The Hall–Kier alpha value is -2.44. The summed E-state index contributed by atoms with van der Waals surface area (Å²) >= 11 is 12.3. The first-order valence-corrected chi connectivity index (χ1v) is 9.13. The number of benzene rings is 1. The summed E-state index contributed by atoms with van der Waals surface area (Å²) in [6.45, 7) is 2.66. The molecule has 3 heterocycles. The largest absolute Gasteiger partial charge is 0.304 e. The lowest BCUT2D eigenvalue weighted by molar-refractivity contribution is 0.0974. The second-order valence-electron chi connectivity index (χ2n) is 6.43. The van der Waals surface area contributed by atoms with Gasteiger partial charge in [0.2, 0.25) is 0 Å². The Bertz CT molecular complexity index is 1050. The van der Waals surface area contributed by atoms with Crippen molar-refractivity contribution in [1.29, 1.82) is 0 Å². The molecule has 0 bridgehead atoms. The van der Waals surface area contributed by atoms with Gasteiger partial charge in [-0.3, -0.25) is 9.78 Å². The van der Waals surface area contributed by atoms with Gasteiger partial charge in [0.15, 0.2) is 11.5 Å². The number of nitrogens with zero attached hydrogens (tertiary/aromatic N) is 4. The molecule has 5 nitrogen and oxygen atoms in total. The number of rotatable bonds is 3. The number of amides is 1. The number of carbonyl (C=O) groups is 1. The molecule has 1 aliphatic rings. The third-order valence-electron chi connectivity index (χ3n) is 4.50. The first-order chi connectivity index (χ1) is 13.0. The average Bonchev–Trinajstić information content (AvgIpc) is 2.95. The normalized spacial score (nSPS) is 13.8. The van der Waals surface area contributed by atoms with Crippen LogP contribution in [0.15, 0.2) is 36.7 Å². The van der Waals surface area contributed by atoms with Crippen molar-refractivity contribution in [2.75, 3.05) is 11.4 Å². The van der Waals surface area contributed by atoms with Crippen molar-refractivity contribution in [2.24, 2.45) is 0 Å². The summed E-state index contributed by atoms with van der Waals surface area (Å²) in [6.07, 6.45) is 3.98. The third-order valence-corrected chi connectivity index (χ3v) is 5.22. The van der Waals surface area contributed by atoms with Gasteiger partial charge in [0.05, 0.1) is 17.3 Å². The van der Waals surface area contributed by atoms with Crippen molar-refractivity contribution in [1.82, 2.24) is 14.8 Å². The monoisotopic (exact) mass is 404 g/mol. The third kappa shape index (κ3) is 3.19. The number of halogens is 3. The molecule has 0 fully saturated rings. The number of pyridine rings is 1. The summed E-state index contributed by atoms with van der Waals surface area (Å²) < 4.78 is 15.9. The molecule has 0 N–H and O–H groups in total. The predicted molar refractivity (Wildman–Crippen MR) is 102 cm³/mol. The van der Waals surface area contributed by atoms with Gasteiger partial charge in [0, 0.05) is 24.5 Å². The van der Waals surface area contributed by atoms with Gasteiger partial charge in [-0.1, -0.05) is 35.3 Å². The lowest BCUT2D eigenvalue weighted by Gasteiger charge is -2.26. The molecule has 27 heavy (non-hydrogen) atoms. The van der Waals surface area contributed by atoms with Gasteiger partial charge in [0.25, 0.3) is 5.91 Å². The second-order valence-corrected chi connectivity index (χ2v) is 7.19. The Kier molecular flexibility index (Phi) is 4.61. The molecule has 0 saturated carbocycles. The number of hydrogen-bond donors (Lipinski definition) is 0. The highest BCUT2D eigenvalue weighted by atomic mass is 35.5. The zero-order chi connectivity index (χ0) is 19.1. The zero-order valence-electron chi connectivity index (χ0n) is 14.4. The fraction of sp³-hybridized carbons (Fsp3) is 0.211. The van der Waals surface area contributed by atoms with Crippen LogP contribution in [0.5, 0.6) is 0 Å². The molecule has 1 aromatic carbocycles. The van der Waals surface area contributed by atoms with Gasteiger partial charge >= 0.3 is 0 Å². The minimum absolute atomic E-state index is 0.0263. The highest BCUT2D eigenvalue weighted by Gasteiger charge is 2.33. The van der Waals surface area contributed by atoms with Crippen LogP contribution < -0.4 is 4.90 Å². The summed E-state index contributed by atoms with van der Waals surface area (Å²) in [5.41, 5.74) is 3.03. The smallest absolute Gasteiger partial charge is 0.279 e. The van der Waals surface area contributed by atoms with Gasteiger partial charge in [-0.2, -0.15) is 5.10 Å². The van der Waals surface area contributed by atoms with E-state index in [1.165, 1.54) is 17.0 Å². The molecule has 0 spiro atoms. The number of fused-ring (bicyclic) bond motifs is 1. The summed E-state index contributed by atoms with van der Waals surface area (Å²) in [4.78, 5) is 18.4. The molecule has 1 amide bonds. The minimum atomic E-state index is -0.618. The van der Waals surface area contributed by atoms with E-state index >= 15 is 0 Å².